The fourth-order valence-corrected chi connectivity index (χ4v) is 5.06. The molecule has 3 rings (SSSR count). The van der Waals surface area contributed by atoms with E-state index < -0.39 is 26.3 Å². The van der Waals surface area contributed by atoms with E-state index in [4.69, 9.17) is 5.73 Å². The minimum absolute atomic E-state index is 0.148. The van der Waals surface area contributed by atoms with E-state index in [2.05, 4.69) is 10.2 Å². The maximum Gasteiger partial charge on any atom is 0.295 e. The summed E-state index contributed by atoms with van der Waals surface area (Å²) in [6.45, 7) is 1.79. The highest BCUT2D eigenvalue weighted by atomic mass is 32.2. The van der Waals surface area contributed by atoms with Gasteiger partial charge in [0.25, 0.3) is 15.7 Å². The van der Waals surface area contributed by atoms with Gasteiger partial charge < -0.3 is 5.73 Å². The van der Waals surface area contributed by atoms with Crippen molar-refractivity contribution >= 4 is 43.6 Å². The van der Waals surface area contributed by atoms with Crippen LogP contribution in [0.2, 0.25) is 0 Å². The number of nitrogen functional groups attached to an aromatic ring is 1. The smallest absolute Gasteiger partial charge is 0.295 e. The third kappa shape index (κ3) is 4.00. The summed E-state index contributed by atoms with van der Waals surface area (Å²) in [5.74, 6) is 0. The van der Waals surface area contributed by atoms with Crippen molar-refractivity contribution in [3.05, 3.63) is 62.6 Å². The van der Waals surface area contributed by atoms with Gasteiger partial charge in [0.1, 0.15) is 22.8 Å². The first-order valence-electron chi connectivity index (χ1n) is 8.58. The van der Waals surface area contributed by atoms with Gasteiger partial charge in [-0.1, -0.05) is 18.3 Å². The van der Waals surface area contributed by atoms with Gasteiger partial charge in [-0.25, -0.2) is 8.42 Å². The summed E-state index contributed by atoms with van der Waals surface area (Å²) >= 11 is 0.934. The normalized spacial score (nSPS) is 10.8. The first kappa shape index (κ1) is 21.6. The molecule has 1 heterocycles. The van der Waals surface area contributed by atoms with E-state index in [1.165, 1.54) is 24.3 Å². The molecule has 0 atom stereocenters. The zero-order chi connectivity index (χ0) is 22.8. The van der Waals surface area contributed by atoms with Crippen LogP contribution in [0.25, 0.3) is 0 Å². The maximum absolute atomic E-state index is 13.5. The highest BCUT2D eigenvalue weighted by molar-refractivity contribution is 7.93. The highest BCUT2D eigenvalue weighted by Gasteiger charge is 2.35. The van der Waals surface area contributed by atoms with Gasteiger partial charge >= 0.3 is 0 Å². The molecule has 13 heteroatoms. The van der Waals surface area contributed by atoms with Crippen LogP contribution in [0.1, 0.15) is 23.1 Å². The van der Waals surface area contributed by atoms with Crippen molar-refractivity contribution in [1.29, 1.82) is 10.5 Å². The van der Waals surface area contributed by atoms with Crippen LogP contribution in [0.3, 0.4) is 0 Å². The summed E-state index contributed by atoms with van der Waals surface area (Å²) in [5.41, 5.74) is 4.37. The van der Waals surface area contributed by atoms with Crippen molar-refractivity contribution in [3.63, 3.8) is 0 Å². The fourth-order valence-electron chi connectivity index (χ4n) is 2.62. The Kier molecular flexibility index (Phi) is 5.83. The van der Waals surface area contributed by atoms with Gasteiger partial charge in [0, 0.05) is 11.8 Å². The van der Waals surface area contributed by atoms with Crippen LogP contribution in [0.4, 0.5) is 22.2 Å². The number of nitro groups is 1. The number of aromatic nitrogens is 2. The number of hydrogen-bond acceptors (Lipinski definition) is 10. The Morgan fingerprint density at radius 1 is 1.16 bits per heavy atom. The number of aryl methyl sites for hydroxylation is 1. The van der Waals surface area contributed by atoms with Crippen LogP contribution >= 0.6 is 11.3 Å². The first-order chi connectivity index (χ1) is 14.7. The van der Waals surface area contributed by atoms with E-state index in [0.29, 0.717) is 21.4 Å². The lowest BCUT2D eigenvalue weighted by Crippen LogP contribution is -2.27. The molecule has 0 saturated heterocycles. The molecule has 2 N–H and O–H groups in total. The Hall–Kier alpha value is -4.07. The van der Waals surface area contributed by atoms with Crippen molar-refractivity contribution in [3.8, 4) is 12.1 Å². The third-order valence-corrected chi connectivity index (χ3v) is 7.01. The van der Waals surface area contributed by atoms with E-state index in [1.54, 1.807) is 19.1 Å². The number of anilines is 3. The Morgan fingerprint density at radius 2 is 1.77 bits per heavy atom. The van der Waals surface area contributed by atoms with Gasteiger partial charge in [0.2, 0.25) is 5.13 Å². The van der Waals surface area contributed by atoms with Crippen molar-refractivity contribution in [2.24, 2.45) is 0 Å². The minimum Gasteiger partial charge on any atom is -0.399 e. The quantitative estimate of drug-likeness (QED) is 0.332. The molecule has 0 unspecified atom stereocenters. The highest BCUT2D eigenvalue weighted by Crippen LogP contribution is 2.41. The second kappa shape index (κ2) is 8.35. The van der Waals surface area contributed by atoms with Gasteiger partial charge in [-0.15, -0.1) is 10.2 Å². The van der Waals surface area contributed by atoms with Gasteiger partial charge in [0.05, 0.1) is 20.9 Å². The molecule has 0 aliphatic heterocycles. The van der Waals surface area contributed by atoms with Crippen LogP contribution in [0, 0.1) is 32.8 Å². The number of nitrogens with two attached hydrogens (primary N) is 1. The number of sulfonamides is 1. The summed E-state index contributed by atoms with van der Waals surface area (Å²) in [5, 5.41) is 38.5. The fraction of sp³-hybridized carbons (Fsp3) is 0.111. The van der Waals surface area contributed by atoms with Crippen LogP contribution in [0.5, 0.6) is 0 Å². The Labute approximate surface area is 180 Å². The van der Waals surface area contributed by atoms with Crippen LogP contribution in [-0.4, -0.2) is 23.5 Å². The van der Waals surface area contributed by atoms with E-state index >= 15 is 0 Å². The van der Waals surface area contributed by atoms with Gasteiger partial charge in [0.15, 0.2) is 0 Å². The largest absolute Gasteiger partial charge is 0.399 e. The molecule has 0 aliphatic carbocycles. The molecule has 11 nitrogen and oxygen atoms in total. The van der Waals surface area contributed by atoms with E-state index in [9.17, 15) is 29.1 Å². The Morgan fingerprint density at radius 3 is 2.29 bits per heavy atom. The second-order valence-corrected chi connectivity index (χ2v) is 8.86. The molecule has 31 heavy (non-hydrogen) atoms. The molecule has 0 saturated carbocycles. The van der Waals surface area contributed by atoms with Crippen LogP contribution in [-0.2, 0) is 16.4 Å². The zero-order valence-electron chi connectivity index (χ0n) is 15.9. The lowest BCUT2D eigenvalue weighted by molar-refractivity contribution is -0.384. The van der Waals surface area contributed by atoms with Crippen LogP contribution in [0.15, 0.2) is 41.3 Å². The molecule has 0 aliphatic rings. The van der Waals surface area contributed by atoms with Gasteiger partial charge in [-0.05, 0) is 36.8 Å². The molecular weight excluding hydrogens is 442 g/mol. The molecular formula is C18H13N7O4S2. The minimum atomic E-state index is -4.43. The van der Waals surface area contributed by atoms with Crippen molar-refractivity contribution in [2.45, 2.75) is 18.2 Å². The lowest BCUT2D eigenvalue weighted by atomic mass is 10.1. The number of benzene rings is 2. The average molecular weight is 455 g/mol. The van der Waals surface area contributed by atoms with Gasteiger partial charge in [-0.3, -0.25) is 10.1 Å². The van der Waals surface area contributed by atoms with Crippen LogP contribution < -0.4 is 10.0 Å². The number of nitro benzene ring substituents is 1. The standard InChI is InChI=1S/C18H13N7O4S2/c1-2-17-22-23-18(30-17)24(31(28,29)14-5-3-13(21)4-6-14)15-7-11(9-19)12(10-20)8-16(15)25(26)27/h3-8H,2,21H2,1H3. The predicted octanol–water partition coefficient (Wildman–Crippen LogP) is 2.86. The Balaban J connectivity index is 2.38. The number of hydrogen-bond donors (Lipinski definition) is 1. The molecule has 3 aromatic rings. The zero-order valence-corrected chi connectivity index (χ0v) is 17.5. The molecule has 1 aromatic heterocycles. The molecule has 0 bridgehead atoms. The molecule has 0 amide bonds. The predicted molar refractivity (Wildman–Crippen MR) is 112 cm³/mol. The molecule has 156 valence electrons. The van der Waals surface area contributed by atoms with Gasteiger partial charge in [-0.2, -0.15) is 14.8 Å². The topological polar surface area (TPSA) is 180 Å². The van der Waals surface area contributed by atoms with Crippen molar-refractivity contribution < 1.29 is 13.3 Å². The first-order valence-corrected chi connectivity index (χ1v) is 10.8. The number of nitrogens with zero attached hydrogens (tertiary/aromatic N) is 6. The SMILES string of the molecule is CCc1nnc(N(c2cc(C#N)c(C#N)cc2[N+](=O)[O-])S(=O)(=O)c2ccc(N)cc2)s1. The molecule has 0 spiro atoms. The summed E-state index contributed by atoms with van der Waals surface area (Å²) in [4.78, 5) is 10.7. The Bertz CT molecular complexity index is 1350. The molecule has 2 aromatic carbocycles. The summed E-state index contributed by atoms with van der Waals surface area (Å²) in [6, 6.07) is 10.6. The number of nitriles is 2. The summed E-state index contributed by atoms with van der Waals surface area (Å²) < 4.78 is 27.7. The monoisotopic (exact) mass is 455 g/mol. The lowest BCUT2D eigenvalue weighted by Gasteiger charge is -2.21. The van der Waals surface area contributed by atoms with Crippen molar-refractivity contribution in [1.82, 2.24) is 10.2 Å². The summed E-state index contributed by atoms with van der Waals surface area (Å²) in [7, 11) is -4.43. The third-order valence-electron chi connectivity index (χ3n) is 4.12. The van der Waals surface area contributed by atoms with E-state index in [1.807, 2.05) is 0 Å². The van der Waals surface area contributed by atoms with E-state index in [-0.39, 0.29) is 21.2 Å². The van der Waals surface area contributed by atoms with E-state index in [0.717, 1.165) is 23.5 Å². The summed E-state index contributed by atoms with van der Waals surface area (Å²) in [6.07, 6.45) is 0.465. The molecule has 0 radical (unpaired) electrons. The second-order valence-electron chi connectivity index (χ2n) is 6.04. The number of rotatable bonds is 6. The molecule has 0 fully saturated rings. The maximum atomic E-state index is 13.5. The average Bonchev–Trinajstić information content (AvgIpc) is 3.22. The van der Waals surface area contributed by atoms with Crippen molar-refractivity contribution in [2.75, 3.05) is 10.0 Å².